The van der Waals surface area contributed by atoms with Gasteiger partial charge in [0.2, 0.25) is 0 Å². The minimum absolute atomic E-state index is 0.175. The van der Waals surface area contributed by atoms with Gasteiger partial charge in [-0.1, -0.05) is 6.92 Å². The van der Waals surface area contributed by atoms with Crippen LogP contribution in [0.1, 0.15) is 45.4 Å². The summed E-state index contributed by atoms with van der Waals surface area (Å²) in [6.45, 7) is 3.55. The minimum atomic E-state index is -0.620. The molecule has 2 saturated carbocycles. The van der Waals surface area contributed by atoms with Crippen molar-refractivity contribution in [1.29, 1.82) is 0 Å². The summed E-state index contributed by atoms with van der Waals surface area (Å²) in [7, 11) is 0. The quantitative estimate of drug-likeness (QED) is 0.666. The second-order valence-corrected chi connectivity index (χ2v) is 6.45. The molecular formula is C15H28N2O3. The molecule has 20 heavy (non-hydrogen) atoms. The molecule has 1 atom stereocenters. The van der Waals surface area contributed by atoms with Crippen LogP contribution >= 0.6 is 0 Å². The number of aliphatic hydroxyl groups is 1. The Kier molecular flexibility index (Phi) is 6.10. The number of aliphatic hydroxyl groups excluding tert-OH is 1. The Balaban J connectivity index is 1.50. The van der Waals surface area contributed by atoms with Gasteiger partial charge in [0.15, 0.2) is 0 Å². The lowest BCUT2D eigenvalue weighted by Gasteiger charge is -2.27. The van der Waals surface area contributed by atoms with Gasteiger partial charge < -0.3 is 20.5 Å². The third-order valence-electron chi connectivity index (χ3n) is 4.21. The summed E-state index contributed by atoms with van der Waals surface area (Å²) in [5.41, 5.74) is 0. The summed E-state index contributed by atoms with van der Waals surface area (Å²) < 4.78 is 5.39. The molecule has 3 N–H and O–H groups in total. The topological polar surface area (TPSA) is 70.6 Å². The van der Waals surface area contributed by atoms with Crippen molar-refractivity contribution >= 4 is 6.03 Å². The third kappa shape index (κ3) is 6.09. The fraction of sp³-hybridized carbons (Fsp3) is 0.933. The lowest BCUT2D eigenvalue weighted by Crippen LogP contribution is -2.46. The predicted molar refractivity (Wildman–Crippen MR) is 77.5 cm³/mol. The molecule has 0 aromatic rings. The predicted octanol–water partition coefficient (Wildman–Crippen LogP) is 1.65. The van der Waals surface area contributed by atoms with Crippen LogP contribution in [-0.4, -0.2) is 43.0 Å². The van der Waals surface area contributed by atoms with Gasteiger partial charge in [-0.15, -0.1) is 0 Å². The largest absolute Gasteiger partial charge is 0.389 e. The highest BCUT2D eigenvalue weighted by Crippen LogP contribution is 2.28. The van der Waals surface area contributed by atoms with Gasteiger partial charge in [-0.3, -0.25) is 0 Å². The van der Waals surface area contributed by atoms with E-state index >= 15 is 0 Å². The molecule has 1 unspecified atom stereocenters. The molecule has 0 spiro atoms. The van der Waals surface area contributed by atoms with Crippen molar-refractivity contribution in [1.82, 2.24) is 10.6 Å². The van der Waals surface area contributed by atoms with Crippen LogP contribution < -0.4 is 10.6 Å². The van der Waals surface area contributed by atoms with E-state index in [1.165, 1.54) is 25.7 Å². The maximum atomic E-state index is 11.7. The Morgan fingerprint density at radius 3 is 2.60 bits per heavy atom. The minimum Gasteiger partial charge on any atom is -0.389 e. The number of carbonyl (C=O) groups is 1. The summed E-state index contributed by atoms with van der Waals surface area (Å²) in [4.78, 5) is 11.7. The summed E-state index contributed by atoms with van der Waals surface area (Å²) in [5.74, 6) is 1.48. The van der Waals surface area contributed by atoms with Crippen molar-refractivity contribution in [3.05, 3.63) is 0 Å². The fourth-order valence-electron chi connectivity index (χ4n) is 2.57. The lowest BCUT2D eigenvalue weighted by atomic mass is 9.87. The van der Waals surface area contributed by atoms with Crippen molar-refractivity contribution in [2.45, 2.75) is 57.6 Å². The number of rotatable bonds is 7. The van der Waals surface area contributed by atoms with Crippen molar-refractivity contribution in [2.24, 2.45) is 11.8 Å². The monoisotopic (exact) mass is 284 g/mol. The first-order valence-electron chi connectivity index (χ1n) is 7.93. The summed E-state index contributed by atoms with van der Waals surface area (Å²) in [5, 5.41) is 15.4. The van der Waals surface area contributed by atoms with Crippen LogP contribution in [0.4, 0.5) is 4.79 Å². The Hall–Kier alpha value is -0.810. The summed E-state index contributed by atoms with van der Waals surface area (Å²) >= 11 is 0. The van der Waals surface area contributed by atoms with Crippen LogP contribution in [0.2, 0.25) is 0 Å². The van der Waals surface area contributed by atoms with Crippen LogP contribution in [0.5, 0.6) is 0 Å². The molecule has 2 rings (SSSR count). The molecule has 2 aliphatic rings. The van der Waals surface area contributed by atoms with E-state index in [1.807, 2.05) is 0 Å². The van der Waals surface area contributed by atoms with E-state index in [0.717, 1.165) is 25.4 Å². The molecule has 2 aliphatic carbocycles. The molecular weight excluding hydrogens is 256 g/mol. The van der Waals surface area contributed by atoms with Gasteiger partial charge >= 0.3 is 6.03 Å². The molecule has 0 heterocycles. The molecule has 2 amide bonds. The van der Waals surface area contributed by atoms with E-state index in [4.69, 9.17) is 4.74 Å². The zero-order valence-electron chi connectivity index (χ0n) is 12.4. The van der Waals surface area contributed by atoms with Crippen molar-refractivity contribution in [3.8, 4) is 0 Å². The first-order chi connectivity index (χ1) is 9.63. The zero-order valence-corrected chi connectivity index (χ0v) is 12.4. The summed E-state index contributed by atoms with van der Waals surface area (Å²) in [6, 6.07) is 0.111. The van der Waals surface area contributed by atoms with E-state index in [-0.39, 0.29) is 18.6 Å². The van der Waals surface area contributed by atoms with Gasteiger partial charge in [0.05, 0.1) is 12.7 Å². The maximum Gasteiger partial charge on any atom is 0.315 e. The lowest BCUT2D eigenvalue weighted by molar-refractivity contribution is 0.0336. The normalized spacial score (nSPS) is 27.9. The highest BCUT2D eigenvalue weighted by atomic mass is 16.5. The standard InChI is InChI=1S/C15H28N2O3/c1-11-2-6-13(7-3-11)17-15(19)16-8-14(18)10-20-9-12-4-5-12/h11-14,18H,2-10H2,1H3,(H2,16,17,19). The number of amides is 2. The number of nitrogens with one attached hydrogen (secondary N) is 2. The number of urea groups is 1. The highest BCUT2D eigenvalue weighted by molar-refractivity contribution is 5.74. The molecule has 0 aromatic heterocycles. The Labute approximate surface area is 121 Å². The van der Waals surface area contributed by atoms with Crippen LogP contribution in [0.3, 0.4) is 0 Å². The molecule has 5 heteroatoms. The van der Waals surface area contributed by atoms with Crippen molar-refractivity contribution in [3.63, 3.8) is 0 Å². The van der Waals surface area contributed by atoms with Crippen LogP contribution in [-0.2, 0) is 4.74 Å². The van der Waals surface area contributed by atoms with E-state index in [0.29, 0.717) is 12.5 Å². The molecule has 0 aromatic carbocycles. The number of ether oxygens (including phenoxy) is 1. The van der Waals surface area contributed by atoms with E-state index in [2.05, 4.69) is 17.6 Å². The van der Waals surface area contributed by atoms with Crippen LogP contribution in [0, 0.1) is 11.8 Å². The Bertz CT molecular complexity index is 299. The van der Waals surface area contributed by atoms with E-state index in [1.54, 1.807) is 0 Å². The zero-order chi connectivity index (χ0) is 14.4. The van der Waals surface area contributed by atoms with Crippen molar-refractivity contribution in [2.75, 3.05) is 19.8 Å². The first-order valence-corrected chi connectivity index (χ1v) is 7.93. The second-order valence-electron chi connectivity index (χ2n) is 6.45. The molecule has 5 nitrogen and oxygen atoms in total. The van der Waals surface area contributed by atoms with Crippen molar-refractivity contribution < 1.29 is 14.6 Å². The SMILES string of the molecule is CC1CCC(NC(=O)NCC(O)COCC2CC2)CC1. The smallest absolute Gasteiger partial charge is 0.315 e. The van der Waals surface area contributed by atoms with Gasteiger partial charge in [0, 0.05) is 19.2 Å². The van der Waals surface area contributed by atoms with Gasteiger partial charge in [-0.05, 0) is 50.4 Å². The van der Waals surface area contributed by atoms with Crippen LogP contribution in [0.15, 0.2) is 0 Å². The maximum absolute atomic E-state index is 11.7. The average molecular weight is 284 g/mol. The average Bonchev–Trinajstić information content (AvgIpc) is 3.23. The molecule has 0 radical (unpaired) electrons. The third-order valence-corrected chi connectivity index (χ3v) is 4.21. The van der Waals surface area contributed by atoms with Gasteiger partial charge in [0.1, 0.15) is 0 Å². The molecule has 2 fully saturated rings. The van der Waals surface area contributed by atoms with Crippen LogP contribution in [0.25, 0.3) is 0 Å². The highest BCUT2D eigenvalue weighted by Gasteiger charge is 2.22. The number of hydrogen-bond donors (Lipinski definition) is 3. The summed E-state index contributed by atoms with van der Waals surface area (Å²) in [6.07, 6.45) is 6.35. The second kappa shape index (κ2) is 7.84. The Morgan fingerprint density at radius 1 is 1.25 bits per heavy atom. The molecule has 116 valence electrons. The molecule has 0 aliphatic heterocycles. The number of hydrogen-bond acceptors (Lipinski definition) is 3. The first kappa shape index (κ1) is 15.6. The molecule has 0 bridgehead atoms. The van der Waals surface area contributed by atoms with E-state index < -0.39 is 6.10 Å². The van der Waals surface area contributed by atoms with Gasteiger partial charge in [0.25, 0.3) is 0 Å². The Morgan fingerprint density at radius 2 is 1.95 bits per heavy atom. The fourth-order valence-corrected chi connectivity index (χ4v) is 2.57. The van der Waals surface area contributed by atoms with Gasteiger partial charge in [-0.2, -0.15) is 0 Å². The molecule has 0 saturated heterocycles. The van der Waals surface area contributed by atoms with E-state index in [9.17, 15) is 9.90 Å². The van der Waals surface area contributed by atoms with Gasteiger partial charge in [-0.25, -0.2) is 4.79 Å². The number of carbonyl (C=O) groups excluding carboxylic acids is 1.